The van der Waals surface area contributed by atoms with Crippen LogP contribution in [-0.2, 0) is 0 Å². The summed E-state index contributed by atoms with van der Waals surface area (Å²) in [5.74, 6) is 0.552. The average molecular weight is 305 g/mol. The van der Waals surface area contributed by atoms with E-state index in [0.29, 0.717) is 10.3 Å². The number of nitrogens with zero attached hydrogens (tertiary/aromatic N) is 2. The van der Waals surface area contributed by atoms with E-state index in [4.69, 9.17) is 11.6 Å². The van der Waals surface area contributed by atoms with Gasteiger partial charge in [0.2, 0.25) is 5.95 Å². The van der Waals surface area contributed by atoms with Crippen LogP contribution in [0.2, 0.25) is 4.34 Å². The maximum absolute atomic E-state index is 5.95. The Labute approximate surface area is 105 Å². The van der Waals surface area contributed by atoms with Crippen LogP contribution in [-0.4, -0.2) is 9.97 Å². The molecule has 0 unspecified atom stereocenters. The molecule has 0 radical (unpaired) electrons. The van der Waals surface area contributed by atoms with E-state index in [1.165, 1.54) is 11.3 Å². The Morgan fingerprint density at radius 2 is 2.33 bits per heavy atom. The van der Waals surface area contributed by atoms with Crippen molar-refractivity contribution in [3.63, 3.8) is 0 Å². The Morgan fingerprint density at radius 3 is 2.93 bits per heavy atom. The number of nitrogens with one attached hydrogen (secondary N) is 1. The number of hydrogen-bond acceptors (Lipinski definition) is 4. The molecule has 2 aromatic heterocycles. The van der Waals surface area contributed by atoms with Crippen molar-refractivity contribution >= 4 is 50.5 Å². The normalized spacial score (nSPS) is 10.3. The minimum atomic E-state index is 0.552. The molecule has 0 saturated heterocycles. The molecule has 0 aromatic carbocycles. The van der Waals surface area contributed by atoms with Gasteiger partial charge in [-0.05, 0) is 34.3 Å². The number of anilines is 2. The third kappa shape index (κ3) is 2.48. The second kappa shape index (κ2) is 4.47. The van der Waals surface area contributed by atoms with Crippen molar-refractivity contribution < 1.29 is 0 Å². The monoisotopic (exact) mass is 303 g/mol. The first-order valence-electron chi connectivity index (χ1n) is 4.16. The summed E-state index contributed by atoms with van der Waals surface area (Å²) >= 11 is 10.8. The lowest BCUT2D eigenvalue weighted by molar-refractivity contribution is 1.09. The standard InChI is InChI=1S/C9H7BrClN3S/c1-5-6(10)4-12-9(13-5)14-7-2-3-15-8(7)11/h2-4H,1H3,(H,12,13,14). The molecular weight excluding hydrogens is 298 g/mol. The molecule has 2 heterocycles. The first kappa shape index (κ1) is 10.9. The second-order valence-corrected chi connectivity index (χ2v) is 5.23. The zero-order chi connectivity index (χ0) is 10.8. The quantitative estimate of drug-likeness (QED) is 0.911. The maximum Gasteiger partial charge on any atom is 0.227 e. The van der Waals surface area contributed by atoms with Crippen molar-refractivity contribution in [1.82, 2.24) is 9.97 Å². The highest BCUT2D eigenvalue weighted by atomic mass is 79.9. The number of aromatic nitrogens is 2. The highest BCUT2D eigenvalue weighted by Gasteiger charge is 2.04. The molecule has 0 aliphatic heterocycles. The summed E-state index contributed by atoms with van der Waals surface area (Å²) < 4.78 is 1.60. The summed E-state index contributed by atoms with van der Waals surface area (Å²) in [5, 5.41) is 4.97. The van der Waals surface area contributed by atoms with Crippen molar-refractivity contribution in [2.75, 3.05) is 5.32 Å². The van der Waals surface area contributed by atoms with E-state index in [2.05, 4.69) is 31.2 Å². The molecule has 0 bridgehead atoms. The van der Waals surface area contributed by atoms with Crippen LogP contribution in [0.15, 0.2) is 22.1 Å². The van der Waals surface area contributed by atoms with E-state index in [-0.39, 0.29) is 0 Å². The molecule has 0 fully saturated rings. The first-order chi connectivity index (χ1) is 7.16. The summed E-state index contributed by atoms with van der Waals surface area (Å²) in [5.41, 5.74) is 1.72. The summed E-state index contributed by atoms with van der Waals surface area (Å²) in [6, 6.07) is 1.90. The molecule has 0 spiro atoms. The van der Waals surface area contributed by atoms with E-state index in [0.717, 1.165) is 15.9 Å². The zero-order valence-corrected chi connectivity index (χ0v) is 10.9. The van der Waals surface area contributed by atoms with Crippen molar-refractivity contribution in [1.29, 1.82) is 0 Å². The Hall–Kier alpha value is -0.650. The van der Waals surface area contributed by atoms with Crippen molar-refractivity contribution in [2.24, 2.45) is 0 Å². The molecule has 3 nitrogen and oxygen atoms in total. The van der Waals surface area contributed by atoms with E-state index >= 15 is 0 Å². The minimum Gasteiger partial charge on any atom is -0.322 e. The fourth-order valence-corrected chi connectivity index (χ4v) is 2.04. The van der Waals surface area contributed by atoms with E-state index in [9.17, 15) is 0 Å². The summed E-state index contributed by atoms with van der Waals surface area (Å²) in [7, 11) is 0. The highest BCUT2D eigenvalue weighted by molar-refractivity contribution is 9.10. The van der Waals surface area contributed by atoms with Gasteiger partial charge in [0.15, 0.2) is 0 Å². The topological polar surface area (TPSA) is 37.8 Å². The van der Waals surface area contributed by atoms with Crippen LogP contribution in [0.5, 0.6) is 0 Å². The summed E-state index contributed by atoms with van der Waals surface area (Å²) in [6.45, 7) is 1.91. The van der Waals surface area contributed by atoms with Crippen molar-refractivity contribution in [2.45, 2.75) is 6.92 Å². The lowest BCUT2D eigenvalue weighted by Gasteiger charge is -2.04. The summed E-state index contributed by atoms with van der Waals surface area (Å²) in [6.07, 6.45) is 1.71. The third-order valence-corrected chi connectivity index (χ3v) is 3.73. The molecule has 1 N–H and O–H groups in total. The lowest BCUT2D eigenvalue weighted by Crippen LogP contribution is -1.97. The van der Waals surface area contributed by atoms with Crippen LogP contribution in [0.3, 0.4) is 0 Å². The Bertz CT molecular complexity index is 486. The predicted molar refractivity (Wildman–Crippen MR) is 67.1 cm³/mol. The average Bonchev–Trinajstić information content (AvgIpc) is 2.59. The van der Waals surface area contributed by atoms with Gasteiger partial charge < -0.3 is 5.32 Å². The first-order valence-corrected chi connectivity index (χ1v) is 6.21. The Kier molecular flexibility index (Phi) is 3.23. The predicted octanol–water partition coefficient (Wildman–Crippen LogP) is 4.01. The van der Waals surface area contributed by atoms with Gasteiger partial charge in [0.25, 0.3) is 0 Å². The van der Waals surface area contributed by atoms with Crippen LogP contribution in [0, 0.1) is 6.92 Å². The number of rotatable bonds is 2. The SMILES string of the molecule is Cc1nc(Nc2ccsc2Cl)ncc1Br. The van der Waals surface area contributed by atoms with Gasteiger partial charge in [-0.1, -0.05) is 11.6 Å². The van der Waals surface area contributed by atoms with Crippen LogP contribution in [0.1, 0.15) is 5.69 Å². The van der Waals surface area contributed by atoms with E-state index in [1.54, 1.807) is 6.20 Å². The third-order valence-electron chi connectivity index (χ3n) is 1.78. The van der Waals surface area contributed by atoms with Gasteiger partial charge in [-0.2, -0.15) is 0 Å². The number of halogens is 2. The molecule has 2 aromatic rings. The molecule has 0 atom stereocenters. The number of hydrogen-bond donors (Lipinski definition) is 1. The molecule has 6 heteroatoms. The second-order valence-electron chi connectivity index (χ2n) is 2.86. The van der Waals surface area contributed by atoms with Gasteiger partial charge in [0, 0.05) is 6.20 Å². The number of aryl methyl sites for hydroxylation is 1. The Morgan fingerprint density at radius 1 is 1.53 bits per heavy atom. The van der Waals surface area contributed by atoms with Gasteiger partial charge in [0.05, 0.1) is 15.9 Å². The smallest absolute Gasteiger partial charge is 0.227 e. The fourth-order valence-electron chi connectivity index (χ4n) is 1.01. The van der Waals surface area contributed by atoms with Crippen LogP contribution >= 0.6 is 38.9 Å². The molecular formula is C9H7BrClN3S. The minimum absolute atomic E-state index is 0.552. The van der Waals surface area contributed by atoms with Gasteiger partial charge in [0.1, 0.15) is 4.34 Å². The molecule has 0 aliphatic carbocycles. The van der Waals surface area contributed by atoms with E-state index < -0.39 is 0 Å². The zero-order valence-electron chi connectivity index (χ0n) is 7.79. The highest BCUT2D eigenvalue weighted by Crippen LogP contribution is 2.29. The number of thiophene rings is 1. The van der Waals surface area contributed by atoms with Gasteiger partial charge in [-0.15, -0.1) is 11.3 Å². The lowest BCUT2D eigenvalue weighted by atomic mass is 10.4. The molecule has 15 heavy (non-hydrogen) atoms. The molecule has 0 amide bonds. The maximum atomic E-state index is 5.95. The van der Waals surface area contributed by atoms with Crippen LogP contribution in [0.4, 0.5) is 11.6 Å². The molecule has 0 aliphatic rings. The Balaban J connectivity index is 2.25. The van der Waals surface area contributed by atoms with E-state index in [1.807, 2.05) is 18.4 Å². The largest absolute Gasteiger partial charge is 0.322 e. The van der Waals surface area contributed by atoms with Gasteiger partial charge in [-0.3, -0.25) is 0 Å². The van der Waals surface area contributed by atoms with Gasteiger partial charge >= 0.3 is 0 Å². The molecule has 0 saturated carbocycles. The van der Waals surface area contributed by atoms with Crippen molar-refractivity contribution in [3.8, 4) is 0 Å². The fraction of sp³-hybridized carbons (Fsp3) is 0.111. The van der Waals surface area contributed by atoms with Gasteiger partial charge in [-0.25, -0.2) is 9.97 Å². The van der Waals surface area contributed by atoms with Crippen molar-refractivity contribution in [3.05, 3.63) is 32.1 Å². The summed E-state index contributed by atoms with van der Waals surface area (Å²) in [4.78, 5) is 8.40. The van der Waals surface area contributed by atoms with Crippen LogP contribution in [0.25, 0.3) is 0 Å². The molecule has 2 rings (SSSR count). The molecule has 78 valence electrons. The van der Waals surface area contributed by atoms with Crippen LogP contribution < -0.4 is 5.32 Å².